The highest BCUT2D eigenvalue weighted by molar-refractivity contribution is 7.99. The van der Waals surface area contributed by atoms with Crippen LogP contribution in [0, 0.1) is 12.7 Å². The minimum atomic E-state index is -0.419. The van der Waals surface area contributed by atoms with E-state index >= 15 is 0 Å². The van der Waals surface area contributed by atoms with E-state index in [0.717, 1.165) is 22.8 Å². The van der Waals surface area contributed by atoms with E-state index < -0.39 is 5.82 Å². The summed E-state index contributed by atoms with van der Waals surface area (Å²) < 4.78 is 18.1. The average molecular weight is 308 g/mol. The minimum absolute atomic E-state index is 0.127. The smallest absolute Gasteiger partial charge is 0.224 e. The summed E-state index contributed by atoms with van der Waals surface area (Å²) in [4.78, 5) is 12.9. The van der Waals surface area contributed by atoms with Gasteiger partial charge in [0, 0.05) is 11.3 Å². The fourth-order valence-corrected chi connectivity index (χ4v) is 2.71. The van der Waals surface area contributed by atoms with Crippen molar-refractivity contribution in [1.29, 1.82) is 0 Å². The molecule has 0 atom stereocenters. The van der Waals surface area contributed by atoms with Gasteiger partial charge in [-0.15, -0.1) is 11.8 Å². The van der Waals surface area contributed by atoms with Crippen LogP contribution in [0.5, 0.6) is 0 Å². The highest BCUT2D eigenvalue weighted by Crippen LogP contribution is 2.24. The number of hydrogen-bond acceptors (Lipinski definition) is 4. The van der Waals surface area contributed by atoms with Crippen molar-refractivity contribution < 1.29 is 13.6 Å². The Morgan fingerprint density at radius 1 is 1.43 bits per heavy atom. The lowest BCUT2D eigenvalue weighted by Crippen LogP contribution is -2.13. The zero-order valence-corrected chi connectivity index (χ0v) is 12.5. The first-order valence-corrected chi connectivity index (χ1v) is 7.56. The van der Waals surface area contributed by atoms with Crippen molar-refractivity contribution in [3.63, 3.8) is 0 Å². The number of nitrogens with one attached hydrogen (secondary N) is 1. The maximum Gasteiger partial charge on any atom is 0.224 e. The van der Waals surface area contributed by atoms with Crippen LogP contribution in [0.4, 0.5) is 15.8 Å². The second kappa shape index (κ2) is 7.17. The van der Waals surface area contributed by atoms with Gasteiger partial charge in [-0.05, 0) is 43.4 Å². The van der Waals surface area contributed by atoms with E-state index in [-0.39, 0.29) is 11.6 Å². The van der Waals surface area contributed by atoms with Gasteiger partial charge >= 0.3 is 0 Å². The van der Waals surface area contributed by atoms with E-state index in [0.29, 0.717) is 12.1 Å². The summed E-state index contributed by atoms with van der Waals surface area (Å²) in [6.45, 7) is 1.91. The van der Waals surface area contributed by atoms with Crippen molar-refractivity contribution in [3.8, 4) is 0 Å². The van der Waals surface area contributed by atoms with Gasteiger partial charge in [-0.3, -0.25) is 4.79 Å². The second-order valence-corrected chi connectivity index (χ2v) is 5.71. The first-order chi connectivity index (χ1) is 10.1. The number of nitrogens with two attached hydrogens (primary N) is 1. The number of rotatable bonds is 6. The van der Waals surface area contributed by atoms with Crippen molar-refractivity contribution in [1.82, 2.24) is 0 Å². The Labute approximate surface area is 126 Å². The molecule has 0 saturated carbocycles. The monoisotopic (exact) mass is 308 g/mol. The van der Waals surface area contributed by atoms with Gasteiger partial charge in [0.1, 0.15) is 11.6 Å². The maximum atomic E-state index is 12.9. The normalized spacial score (nSPS) is 10.6. The molecule has 0 saturated heterocycles. The molecule has 112 valence electrons. The van der Waals surface area contributed by atoms with Gasteiger partial charge in [0.2, 0.25) is 5.91 Å². The quantitative estimate of drug-likeness (QED) is 0.483. The van der Waals surface area contributed by atoms with Crippen LogP contribution >= 0.6 is 11.8 Å². The van der Waals surface area contributed by atoms with Crippen molar-refractivity contribution >= 4 is 29.0 Å². The molecule has 1 aromatic carbocycles. The van der Waals surface area contributed by atoms with Gasteiger partial charge in [0.05, 0.1) is 17.6 Å². The van der Waals surface area contributed by atoms with Crippen LogP contribution in [0.15, 0.2) is 39.8 Å². The van der Waals surface area contributed by atoms with E-state index in [4.69, 9.17) is 10.2 Å². The molecule has 0 aliphatic carbocycles. The summed E-state index contributed by atoms with van der Waals surface area (Å²) in [7, 11) is 0. The molecule has 1 heterocycles. The molecule has 0 unspecified atom stereocenters. The van der Waals surface area contributed by atoms with Gasteiger partial charge < -0.3 is 15.5 Å². The predicted molar refractivity (Wildman–Crippen MR) is 82.8 cm³/mol. The van der Waals surface area contributed by atoms with E-state index in [1.54, 1.807) is 18.0 Å². The van der Waals surface area contributed by atoms with Crippen LogP contribution in [0.3, 0.4) is 0 Å². The molecule has 0 aliphatic rings. The van der Waals surface area contributed by atoms with Gasteiger partial charge in [-0.25, -0.2) is 4.39 Å². The first kappa shape index (κ1) is 15.4. The molecular formula is C15H17FN2O2S. The molecule has 0 spiro atoms. The van der Waals surface area contributed by atoms with Crippen molar-refractivity contribution in [3.05, 3.63) is 42.1 Å². The molecule has 1 aromatic heterocycles. The topological polar surface area (TPSA) is 68.3 Å². The van der Waals surface area contributed by atoms with Crippen LogP contribution in [0.1, 0.15) is 18.6 Å². The lowest BCUT2D eigenvalue weighted by atomic mass is 10.2. The van der Waals surface area contributed by atoms with Crippen LogP contribution in [-0.2, 0) is 4.79 Å². The Morgan fingerprint density at radius 2 is 2.24 bits per heavy atom. The lowest BCUT2D eigenvalue weighted by molar-refractivity contribution is -0.116. The van der Waals surface area contributed by atoms with E-state index in [2.05, 4.69) is 5.32 Å². The molecule has 6 heteroatoms. The van der Waals surface area contributed by atoms with Crippen LogP contribution in [-0.4, -0.2) is 11.7 Å². The predicted octanol–water partition coefficient (Wildman–Crippen LogP) is 3.82. The van der Waals surface area contributed by atoms with Gasteiger partial charge in [0.25, 0.3) is 0 Å². The van der Waals surface area contributed by atoms with Gasteiger partial charge in [0.15, 0.2) is 0 Å². The fourth-order valence-electron chi connectivity index (χ4n) is 1.80. The van der Waals surface area contributed by atoms with Crippen LogP contribution in [0.2, 0.25) is 0 Å². The van der Waals surface area contributed by atoms with E-state index in [9.17, 15) is 9.18 Å². The fraction of sp³-hybridized carbons (Fsp3) is 0.267. The lowest BCUT2D eigenvalue weighted by Gasteiger charge is -2.08. The van der Waals surface area contributed by atoms with Gasteiger partial charge in [-0.1, -0.05) is 0 Å². The Bertz CT molecular complexity index is 628. The number of furan rings is 1. The number of halogens is 1. The number of carbonyl (C=O) groups is 1. The standard InChI is InChI=1S/C15H17FN2O2S/c1-10-14(6-7-20-10)21-8-2-3-15(19)18-13-5-4-11(16)9-12(13)17/h4-7,9H,2-3,8,17H2,1H3,(H,18,19). The summed E-state index contributed by atoms with van der Waals surface area (Å²) in [6, 6.07) is 5.84. The molecular weight excluding hydrogens is 291 g/mol. The summed E-state index contributed by atoms with van der Waals surface area (Å²) in [5.74, 6) is 1.17. The minimum Gasteiger partial charge on any atom is -0.468 e. The molecule has 2 rings (SSSR count). The molecule has 1 amide bonds. The molecule has 0 bridgehead atoms. The van der Waals surface area contributed by atoms with Gasteiger partial charge in [-0.2, -0.15) is 0 Å². The molecule has 3 N–H and O–H groups in total. The maximum absolute atomic E-state index is 12.9. The van der Waals surface area contributed by atoms with E-state index in [1.807, 2.05) is 13.0 Å². The second-order valence-electron chi connectivity index (χ2n) is 4.57. The summed E-state index contributed by atoms with van der Waals surface area (Å²) in [5.41, 5.74) is 6.31. The van der Waals surface area contributed by atoms with E-state index in [1.165, 1.54) is 18.2 Å². The number of thioether (sulfide) groups is 1. The molecule has 0 aliphatic heterocycles. The third-order valence-electron chi connectivity index (χ3n) is 2.90. The number of nitrogen functional groups attached to an aromatic ring is 1. The summed E-state index contributed by atoms with van der Waals surface area (Å²) in [6.07, 6.45) is 2.78. The Kier molecular flexibility index (Phi) is 5.27. The number of anilines is 2. The molecule has 2 aromatic rings. The molecule has 0 radical (unpaired) electrons. The first-order valence-electron chi connectivity index (χ1n) is 6.58. The Balaban J connectivity index is 1.73. The number of carbonyl (C=O) groups excluding carboxylic acids is 1. The summed E-state index contributed by atoms with van der Waals surface area (Å²) >= 11 is 1.66. The largest absolute Gasteiger partial charge is 0.468 e. The van der Waals surface area contributed by atoms with Crippen LogP contribution < -0.4 is 11.1 Å². The van der Waals surface area contributed by atoms with Crippen molar-refractivity contribution in [2.24, 2.45) is 0 Å². The molecule has 0 fully saturated rings. The SMILES string of the molecule is Cc1occc1SCCCC(=O)Nc1ccc(F)cc1N. The average Bonchev–Trinajstić information content (AvgIpc) is 2.84. The van der Waals surface area contributed by atoms with Crippen molar-refractivity contribution in [2.45, 2.75) is 24.7 Å². The molecule has 21 heavy (non-hydrogen) atoms. The number of benzene rings is 1. The molecule has 4 nitrogen and oxygen atoms in total. The zero-order chi connectivity index (χ0) is 15.2. The zero-order valence-electron chi connectivity index (χ0n) is 11.7. The number of amides is 1. The highest BCUT2D eigenvalue weighted by atomic mass is 32.2. The highest BCUT2D eigenvalue weighted by Gasteiger charge is 2.07. The number of hydrogen-bond donors (Lipinski definition) is 2. The Morgan fingerprint density at radius 3 is 2.90 bits per heavy atom. The van der Waals surface area contributed by atoms with Crippen LogP contribution in [0.25, 0.3) is 0 Å². The Hall–Kier alpha value is -1.95. The number of aryl methyl sites for hydroxylation is 1. The summed E-state index contributed by atoms with van der Waals surface area (Å²) in [5, 5.41) is 2.68. The van der Waals surface area contributed by atoms with Crippen molar-refractivity contribution in [2.75, 3.05) is 16.8 Å². The third kappa shape index (κ3) is 4.53. The third-order valence-corrected chi connectivity index (χ3v) is 4.13.